The SMILES string of the molecule is O=C([O-])C1OC(Oc2ccc3c(C(F)(F)F)cc(=O)oc3c2)C(O)C(O)C1O.[K+]. The first kappa shape index (κ1) is 24.2. The molecule has 3 rings (SSSR count). The number of carbonyl (C=O) groups is 1. The molecule has 5 atom stereocenters. The minimum atomic E-state index is -4.82. The molecule has 9 nitrogen and oxygen atoms in total. The van der Waals surface area contributed by atoms with Gasteiger partial charge < -0.3 is 39.1 Å². The van der Waals surface area contributed by atoms with Crippen molar-refractivity contribution in [2.24, 2.45) is 0 Å². The van der Waals surface area contributed by atoms with E-state index in [0.717, 1.165) is 18.2 Å². The molecule has 1 saturated heterocycles. The van der Waals surface area contributed by atoms with Gasteiger partial charge in [0.2, 0.25) is 6.29 Å². The quantitative estimate of drug-likeness (QED) is 0.316. The number of rotatable bonds is 3. The Kier molecular flexibility index (Phi) is 7.52. The van der Waals surface area contributed by atoms with Crippen LogP contribution in [-0.2, 0) is 15.7 Å². The number of aliphatic hydroxyl groups is 3. The van der Waals surface area contributed by atoms with E-state index in [0.29, 0.717) is 6.07 Å². The van der Waals surface area contributed by atoms with Gasteiger partial charge in [0.25, 0.3) is 0 Å². The number of aliphatic carboxylic acids is 1. The zero-order valence-electron chi connectivity index (χ0n) is 14.6. The Morgan fingerprint density at radius 2 is 1.76 bits per heavy atom. The van der Waals surface area contributed by atoms with E-state index in [1.165, 1.54) is 0 Å². The molecule has 1 aromatic heterocycles. The van der Waals surface area contributed by atoms with Gasteiger partial charge >= 0.3 is 63.2 Å². The molecule has 1 aliphatic heterocycles. The maximum atomic E-state index is 13.0. The zero-order chi connectivity index (χ0) is 20.8. The normalized spacial score (nSPS) is 27.3. The first-order valence-corrected chi connectivity index (χ1v) is 7.71. The minimum Gasteiger partial charge on any atom is -0.547 e. The Hall–Kier alpha value is -1.03. The van der Waals surface area contributed by atoms with Gasteiger partial charge in [-0.3, -0.25) is 0 Å². The third-order valence-corrected chi connectivity index (χ3v) is 4.08. The molecule has 0 aliphatic carbocycles. The van der Waals surface area contributed by atoms with E-state index in [-0.39, 0.29) is 57.1 Å². The second-order valence-electron chi connectivity index (χ2n) is 5.97. The maximum absolute atomic E-state index is 13.0. The minimum absolute atomic E-state index is 0. The summed E-state index contributed by atoms with van der Waals surface area (Å²) in [6.45, 7) is 0. The maximum Gasteiger partial charge on any atom is 1.00 e. The van der Waals surface area contributed by atoms with E-state index < -0.39 is 65.0 Å². The fraction of sp³-hybridized carbons (Fsp3) is 0.375. The fourth-order valence-corrected chi connectivity index (χ4v) is 2.73. The van der Waals surface area contributed by atoms with Gasteiger partial charge in [0.05, 0.1) is 11.5 Å². The van der Waals surface area contributed by atoms with Gasteiger partial charge in [-0.25, -0.2) is 4.79 Å². The van der Waals surface area contributed by atoms with E-state index >= 15 is 0 Å². The van der Waals surface area contributed by atoms with Crippen LogP contribution < -0.4 is 66.9 Å². The van der Waals surface area contributed by atoms with E-state index in [2.05, 4.69) is 0 Å². The number of benzene rings is 1. The molecule has 0 amide bonds. The van der Waals surface area contributed by atoms with Crippen LogP contribution in [0.5, 0.6) is 5.75 Å². The van der Waals surface area contributed by atoms with Gasteiger partial charge in [-0.05, 0) is 12.1 Å². The Morgan fingerprint density at radius 1 is 1.10 bits per heavy atom. The molecule has 29 heavy (non-hydrogen) atoms. The summed E-state index contributed by atoms with van der Waals surface area (Å²) < 4.78 is 53.9. The second kappa shape index (κ2) is 8.99. The molecule has 0 radical (unpaired) electrons. The summed E-state index contributed by atoms with van der Waals surface area (Å²) in [6, 6.07) is 3.15. The van der Waals surface area contributed by atoms with Crippen LogP contribution in [0.25, 0.3) is 11.0 Å². The molecule has 152 valence electrons. The van der Waals surface area contributed by atoms with Crippen molar-refractivity contribution in [2.45, 2.75) is 36.9 Å². The van der Waals surface area contributed by atoms with Crippen LogP contribution >= 0.6 is 0 Å². The van der Waals surface area contributed by atoms with Crippen molar-refractivity contribution < 1.29 is 104 Å². The molecule has 0 saturated carbocycles. The molecule has 3 N–H and O–H groups in total. The third kappa shape index (κ3) is 5.00. The average molecular weight is 444 g/mol. The monoisotopic (exact) mass is 444 g/mol. The fourth-order valence-electron chi connectivity index (χ4n) is 2.73. The first-order valence-electron chi connectivity index (χ1n) is 7.71. The average Bonchev–Trinajstić information content (AvgIpc) is 2.60. The zero-order valence-corrected chi connectivity index (χ0v) is 17.7. The number of carboxylic acids is 1. The van der Waals surface area contributed by atoms with Crippen LogP contribution in [0.3, 0.4) is 0 Å². The predicted molar refractivity (Wildman–Crippen MR) is 79.8 cm³/mol. The number of fused-ring (bicyclic) bond motifs is 1. The van der Waals surface area contributed by atoms with Gasteiger partial charge in [0.15, 0.2) is 0 Å². The molecule has 1 fully saturated rings. The van der Waals surface area contributed by atoms with E-state index in [1.54, 1.807) is 0 Å². The predicted octanol–water partition coefficient (Wildman–Crippen LogP) is -4.25. The smallest absolute Gasteiger partial charge is 0.547 e. The standard InChI is InChI=1S/C16H13F3O9.K/c17-16(18,19)7-4-9(20)27-8-3-5(1-2-6(7)8)26-15-12(23)10(21)11(22)13(28-15)14(24)25;/h1-4,10-13,15,21-23H,(H,24,25);/q;+1/p-1. The largest absolute Gasteiger partial charge is 1.00 e. The van der Waals surface area contributed by atoms with Gasteiger partial charge in [0, 0.05) is 17.5 Å². The van der Waals surface area contributed by atoms with Crippen LogP contribution in [0.1, 0.15) is 5.56 Å². The molecule has 5 unspecified atom stereocenters. The number of hydrogen-bond donors (Lipinski definition) is 3. The van der Waals surface area contributed by atoms with Crippen LogP contribution in [0.2, 0.25) is 0 Å². The molecule has 1 aromatic carbocycles. The van der Waals surface area contributed by atoms with Gasteiger partial charge in [-0.1, -0.05) is 0 Å². The summed E-state index contributed by atoms with van der Waals surface area (Å²) in [6.07, 6.45) is -14.5. The molecule has 0 spiro atoms. The number of aliphatic hydroxyl groups excluding tert-OH is 3. The summed E-state index contributed by atoms with van der Waals surface area (Å²) in [4.78, 5) is 22.4. The van der Waals surface area contributed by atoms with Crippen LogP contribution in [0, 0.1) is 0 Å². The van der Waals surface area contributed by atoms with Gasteiger partial charge in [0.1, 0.15) is 35.7 Å². The topological polar surface area (TPSA) is 149 Å². The number of carbonyl (C=O) groups excluding carboxylic acids is 1. The molecule has 1 aliphatic rings. The summed E-state index contributed by atoms with van der Waals surface area (Å²) >= 11 is 0. The van der Waals surface area contributed by atoms with Gasteiger partial charge in [-0.2, -0.15) is 13.2 Å². The Balaban J connectivity index is 0.00000300. The van der Waals surface area contributed by atoms with E-state index in [1.807, 2.05) is 0 Å². The number of hydrogen-bond acceptors (Lipinski definition) is 9. The van der Waals surface area contributed by atoms with Crippen LogP contribution in [0.15, 0.2) is 33.5 Å². The molecule has 13 heteroatoms. The third-order valence-electron chi connectivity index (χ3n) is 4.08. The number of ether oxygens (including phenoxy) is 2. The van der Waals surface area contributed by atoms with Crippen molar-refractivity contribution in [1.82, 2.24) is 0 Å². The van der Waals surface area contributed by atoms with Crippen molar-refractivity contribution in [1.29, 1.82) is 0 Å². The second-order valence-corrected chi connectivity index (χ2v) is 5.97. The Labute approximate surface area is 202 Å². The van der Waals surface area contributed by atoms with Crippen LogP contribution in [-0.4, -0.2) is 52.0 Å². The van der Waals surface area contributed by atoms with Crippen molar-refractivity contribution in [2.75, 3.05) is 0 Å². The van der Waals surface area contributed by atoms with Crippen molar-refractivity contribution in [3.63, 3.8) is 0 Å². The Morgan fingerprint density at radius 3 is 2.34 bits per heavy atom. The molecular weight excluding hydrogens is 432 g/mol. The molecular formula is C16H12F3KO9. The summed E-state index contributed by atoms with van der Waals surface area (Å²) in [5, 5.41) is 39.7. The van der Waals surface area contributed by atoms with Crippen molar-refractivity contribution in [3.05, 3.63) is 40.2 Å². The molecule has 0 bridgehead atoms. The number of halogens is 3. The number of carboxylic acid groups (broad SMARTS) is 1. The van der Waals surface area contributed by atoms with Gasteiger partial charge in [-0.15, -0.1) is 0 Å². The summed E-state index contributed by atoms with van der Waals surface area (Å²) in [5.41, 5.74) is -2.98. The summed E-state index contributed by atoms with van der Waals surface area (Å²) in [5.74, 6) is -2.15. The van der Waals surface area contributed by atoms with Crippen molar-refractivity contribution in [3.8, 4) is 5.75 Å². The van der Waals surface area contributed by atoms with E-state index in [4.69, 9.17) is 13.9 Å². The molecule has 2 aromatic rings. The van der Waals surface area contributed by atoms with Crippen LogP contribution in [0.4, 0.5) is 13.2 Å². The number of alkyl halides is 3. The van der Waals surface area contributed by atoms with E-state index in [9.17, 15) is 43.2 Å². The van der Waals surface area contributed by atoms with Crippen molar-refractivity contribution >= 4 is 16.9 Å². The molecule has 2 heterocycles. The summed E-state index contributed by atoms with van der Waals surface area (Å²) in [7, 11) is 0. The first-order chi connectivity index (χ1) is 13.0. The Bertz CT molecular complexity index is 961.